The van der Waals surface area contributed by atoms with Crippen LogP contribution < -0.4 is 15.0 Å². The molecular formula is C17H17ClF2N2O2S2. The Kier molecular flexibility index (Phi) is 6.26. The number of thioether (sulfide) groups is 1. The monoisotopic (exact) mass is 418 g/mol. The number of rotatable bonds is 5. The Morgan fingerprint density at radius 3 is 2.69 bits per heavy atom. The van der Waals surface area contributed by atoms with Gasteiger partial charge >= 0.3 is 6.61 Å². The average Bonchev–Trinajstić information content (AvgIpc) is 2.95. The Morgan fingerprint density at radius 1 is 1.31 bits per heavy atom. The van der Waals surface area contributed by atoms with E-state index in [0.717, 1.165) is 41.6 Å². The maximum absolute atomic E-state index is 12.5. The number of nitrogens with one attached hydrogen (secondary N) is 1. The largest absolute Gasteiger partial charge is 0.433 e. The standard InChI is InChI=1S/C17H17ClF2N2O2S2/c1-10-8-14(24-17(19)20)15(26-10)16(23)21-11-2-3-13(12(18)9-11)22-4-6-25-7-5-22/h2-3,8-9,17H,4-7H2,1H3,(H,21,23). The number of aryl methyl sites for hydroxylation is 1. The van der Waals surface area contributed by atoms with Gasteiger partial charge in [-0.25, -0.2) is 0 Å². The molecule has 1 amide bonds. The lowest BCUT2D eigenvalue weighted by Crippen LogP contribution is -2.32. The van der Waals surface area contributed by atoms with Gasteiger partial charge in [0.1, 0.15) is 10.6 Å². The number of amides is 1. The maximum atomic E-state index is 12.5. The number of halogens is 3. The third-order valence-corrected chi connectivity index (χ3v) is 6.08. The highest BCUT2D eigenvalue weighted by molar-refractivity contribution is 7.99. The smallest absolute Gasteiger partial charge is 0.387 e. The van der Waals surface area contributed by atoms with Gasteiger partial charge < -0.3 is 15.0 Å². The molecule has 1 aromatic carbocycles. The molecule has 0 radical (unpaired) electrons. The average molecular weight is 419 g/mol. The van der Waals surface area contributed by atoms with Crippen LogP contribution in [0.15, 0.2) is 24.3 Å². The molecule has 1 aliphatic rings. The van der Waals surface area contributed by atoms with Crippen LogP contribution in [-0.2, 0) is 0 Å². The number of anilines is 2. The van der Waals surface area contributed by atoms with Crippen LogP contribution in [0, 0.1) is 6.92 Å². The van der Waals surface area contributed by atoms with Crippen LogP contribution in [0.5, 0.6) is 5.75 Å². The summed E-state index contributed by atoms with van der Waals surface area (Å²) in [5.41, 5.74) is 1.43. The van der Waals surface area contributed by atoms with Gasteiger partial charge in [0.05, 0.1) is 10.7 Å². The van der Waals surface area contributed by atoms with Crippen molar-refractivity contribution in [2.24, 2.45) is 0 Å². The number of hydrogen-bond acceptors (Lipinski definition) is 5. The Balaban J connectivity index is 1.74. The second-order valence-electron chi connectivity index (χ2n) is 5.65. The number of benzene rings is 1. The van der Waals surface area contributed by atoms with Gasteiger partial charge in [-0.3, -0.25) is 4.79 Å². The van der Waals surface area contributed by atoms with Gasteiger partial charge in [0.25, 0.3) is 5.91 Å². The summed E-state index contributed by atoms with van der Waals surface area (Å²) < 4.78 is 29.4. The van der Waals surface area contributed by atoms with Crippen LogP contribution in [0.1, 0.15) is 14.5 Å². The van der Waals surface area contributed by atoms with Gasteiger partial charge in [-0.15, -0.1) is 11.3 Å². The van der Waals surface area contributed by atoms with Crippen LogP contribution in [-0.4, -0.2) is 37.1 Å². The van der Waals surface area contributed by atoms with E-state index in [-0.39, 0.29) is 10.6 Å². The molecule has 0 spiro atoms. The first kappa shape index (κ1) is 19.3. The number of alkyl halides is 2. The third-order valence-electron chi connectivity index (χ3n) is 3.80. The number of thiophene rings is 1. The van der Waals surface area contributed by atoms with Crippen molar-refractivity contribution in [1.29, 1.82) is 0 Å². The molecule has 3 rings (SSSR count). The zero-order valence-electron chi connectivity index (χ0n) is 13.9. The summed E-state index contributed by atoms with van der Waals surface area (Å²) >= 11 is 9.39. The van der Waals surface area contributed by atoms with E-state index >= 15 is 0 Å². The molecule has 0 aliphatic carbocycles. The van der Waals surface area contributed by atoms with Crippen LogP contribution in [0.2, 0.25) is 5.02 Å². The molecule has 1 aliphatic heterocycles. The highest BCUT2D eigenvalue weighted by Gasteiger charge is 2.20. The molecule has 2 aromatic rings. The summed E-state index contributed by atoms with van der Waals surface area (Å²) in [7, 11) is 0. The summed E-state index contributed by atoms with van der Waals surface area (Å²) in [6.07, 6.45) is 0. The molecule has 1 aromatic heterocycles. The van der Waals surface area contributed by atoms with Gasteiger partial charge in [0.2, 0.25) is 0 Å². The van der Waals surface area contributed by atoms with Crippen molar-refractivity contribution in [3.8, 4) is 5.75 Å². The van der Waals surface area contributed by atoms with E-state index < -0.39 is 12.5 Å². The number of carbonyl (C=O) groups excluding carboxylic acids is 1. The fraction of sp³-hybridized carbons (Fsp3) is 0.353. The normalized spacial score (nSPS) is 14.6. The summed E-state index contributed by atoms with van der Waals surface area (Å²) in [6.45, 7) is 0.604. The molecule has 1 saturated heterocycles. The van der Waals surface area contributed by atoms with Gasteiger partial charge in [-0.05, 0) is 31.2 Å². The second kappa shape index (κ2) is 8.45. The molecule has 2 heterocycles. The van der Waals surface area contributed by atoms with Crippen molar-refractivity contribution in [3.63, 3.8) is 0 Å². The molecule has 1 N–H and O–H groups in total. The van der Waals surface area contributed by atoms with E-state index in [1.54, 1.807) is 19.1 Å². The second-order valence-corrected chi connectivity index (χ2v) is 8.54. The van der Waals surface area contributed by atoms with Gasteiger partial charge in [-0.1, -0.05) is 11.6 Å². The fourth-order valence-corrected chi connectivity index (χ4v) is 4.71. The quantitative estimate of drug-likeness (QED) is 0.732. The van der Waals surface area contributed by atoms with E-state index in [2.05, 4.69) is 15.0 Å². The summed E-state index contributed by atoms with van der Waals surface area (Å²) in [5, 5.41) is 3.24. The van der Waals surface area contributed by atoms with Crippen LogP contribution >= 0.6 is 34.7 Å². The summed E-state index contributed by atoms with van der Waals surface area (Å²) in [6, 6.07) is 6.72. The Morgan fingerprint density at radius 2 is 2.04 bits per heavy atom. The highest BCUT2D eigenvalue weighted by atomic mass is 35.5. The molecule has 0 unspecified atom stereocenters. The van der Waals surface area contributed by atoms with Gasteiger partial charge in [0.15, 0.2) is 0 Å². The SMILES string of the molecule is Cc1cc(OC(F)F)c(C(=O)Nc2ccc(N3CCSCC3)c(Cl)c2)s1. The van der Waals surface area contributed by atoms with E-state index in [1.165, 1.54) is 6.07 Å². The molecular weight excluding hydrogens is 402 g/mol. The molecule has 1 fully saturated rings. The summed E-state index contributed by atoms with van der Waals surface area (Å²) in [4.78, 5) is 15.5. The van der Waals surface area contributed by atoms with Crippen molar-refractivity contribution in [3.05, 3.63) is 39.0 Å². The van der Waals surface area contributed by atoms with Crippen LogP contribution in [0.3, 0.4) is 0 Å². The van der Waals surface area contributed by atoms with E-state index in [0.29, 0.717) is 15.6 Å². The topological polar surface area (TPSA) is 41.6 Å². The Labute approximate surface area is 163 Å². The first-order chi connectivity index (χ1) is 12.4. The zero-order valence-corrected chi connectivity index (χ0v) is 16.3. The number of hydrogen-bond donors (Lipinski definition) is 1. The van der Waals surface area contributed by atoms with Crippen molar-refractivity contribution in [2.45, 2.75) is 13.5 Å². The minimum absolute atomic E-state index is 0.107. The Bertz CT molecular complexity index is 795. The lowest BCUT2D eigenvalue weighted by molar-refractivity contribution is -0.0498. The number of nitrogens with zero attached hydrogens (tertiary/aromatic N) is 1. The number of carbonyl (C=O) groups is 1. The van der Waals surface area contributed by atoms with Gasteiger partial charge in [-0.2, -0.15) is 20.5 Å². The Hall–Kier alpha value is -1.51. The first-order valence-electron chi connectivity index (χ1n) is 7.93. The molecule has 26 heavy (non-hydrogen) atoms. The zero-order chi connectivity index (χ0) is 18.7. The van der Waals surface area contributed by atoms with Crippen molar-refractivity contribution in [1.82, 2.24) is 0 Å². The van der Waals surface area contributed by atoms with Gasteiger partial charge in [0, 0.05) is 35.2 Å². The molecule has 4 nitrogen and oxygen atoms in total. The predicted molar refractivity (Wildman–Crippen MR) is 105 cm³/mol. The predicted octanol–water partition coefficient (Wildman–Crippen LogP) is 5.12. The first-order valence-corrected chi connectivity index (χ1v) is 10.3. The van der Waals surface area contributed by atoms with E-state index in [4.69, 9.17) is 11.6 Å². The lowest BCUT2D eigenvalue weighted by Gasteiger charge is -2.29. The molecule has 0 bridgehead atoms. The molecule has 0 atom stereocenters. The highest BCUT2D eigenvalue weighted by Crippen LogP contribution is 2.33. The van der Waals surface area contributed by atoms with Crippen molar-refractivity contribution < 1.29 is 18.3 Å². The van der Waals surface area contributed by atoms with Crippen LogP contribution in [0.4, 0.5) is 20.2 Å². The summed E-state index contributed by atoms with van der Waals surface area (Å²) in [5.74, 6) is 1.49. The lowest BCUT2D eigenvalue weighted by atomic mass is 10.2. The van der Waals surface area contributed by atoms with Crippen LogP contribution in [0.25, 0.3) is 0 Å². The number of ether oxygens (including phenoxy) is 1. The minimum atomic E-state index is -2.98. The maximum Gasteiger partial charge on any atom is 0.387 e. The molecule has 0 saturated carbocycles. The van der Waals surface area contributed by atoms with E-state index in [9.17, 15) is 13.6 Å². The molecule has 9 heteroatoms. The minimum Gasteiger partial charge on any atom is -0.433 e. The molecule has 140 valence electrons. The van der Waals surface area contributed by atoms with E-state index in [1.807, 2.05) is 17.8 Å². The van der Waals surface area contributed by atoms with Crippen molar-refractivity contribution >= 4 is 52.0 Å². The fourth-order valence-electron chi connectivity index (χ4n) is 2.67. The van der Waals surface area contributed by atoms with Crippen molar-refractivity contribution in [2.75, 3.05) is 34.8 Å². The third kappa shape index (κ3) is 4.61.